The van der Waals surface area contributed by atoms with Gasteiger partial charge < -0.3 is 19.9 Å². The van der Waals surface area contributed by atoms with Crippen LogP contribution >= 0.6 is 0 Å². The molecule has 0 radical (unpaired) electrons. The Morgan fingerprint density at radius 1 is 1.07 bits per heavy atom. The number of nitrogens with one attached hydrogen (secondary N) is 2. The molecule has 2 fully saturated rings. The topological polar surface area (TPSA) is 72.4 Å². The maximum absolute atomic E-state index is 15.1. The number of ether oxygens (including phenoxy) is 1. The van der Waals surface area contributed by atoms with Crippen LogP contribution < -0.4 is 15.6 Å². The second-order valence-electron chi connectivity index (χ2n) is 10.3. The van der Waals surface area contributed by atoms with Crippen LogP contribution in [0.25, 0.3) is 11.1 Å². The van der Waals surface area contributed by atoms with Crippen molar-refractivity contribution in [3.8, 4) is 11.1 Å². The number of amides is 1. The Bertz CT molecular complexity index is 1380. The highest BCUT2D eigenvalue weighted by Crippen LogP contribution is 2.35. The molecule has 5 rings (SSSR count). The Balaban J connectivity index is 1.48. The van der Waals surface area contributed by atoms with Crippen LogP contribution in [0.15, 0.2) is 65.4 Å². The van der Waals surface area contributed by atoms with Crippen LogP contribution in [-0.4, -0.2) is 87.1 Å². The van der Waals surface area contributed by atoms with Gasteiger partial charge in [0.25, 0.3) is 5.91 Å². The van der Waals surface area contributed by atoms with Crippen molar-refractivity contribution < 1.29 is 27.1 Å². The number of benzene rings is 2. The number of hydrazone groups is 1. The number of halogens is 4. The molecule has 3 aliphatic heterocycles. The fraction of sp³-hybridized carbons (Fsp3) is 0.379. The van der Waals surface area contributed by atoms with E-state index in [0.717, 1.165) is 37.8 Å². The van der Waals surface area contributed by atoms with Crippen LogP contribution in [0.2, 0.25) is 0 Å². The van der Waals surface area contributed by atoms with E-state index in [4.69, 9.17) is 4.74 Å². The number of hydrogen-bond donors (Lipinski definition) is 2. The van der Waals surface area contributed by atoms with Gasteiger partial charge in [0, 0.05) is 57.1 Å². The number of hydrogen-bond acceptors (Lipinski definition) is 7. The van der Waals surface area contributed by atoms with E-state index in [1.165, 1.54) is 6.07 Å². The minimum absolute atomic E-state index is 0.0820. The number of likely N-dealkylation sites (N-methyl/N-ethyl adjacent to an activating group) is 1. The molecule has 2 aromatic carbocycles. The molecule has 0 spiro atoms. The summed E-state index contributed by atoms with van der Waals surface area (Å²) in [5.74, 6) is -1.48. The highest BCUT2D eigenvalue weighted by Gasteiger charge is 2.41. The fourth-order valence-electron chi connectivity index (χ4n) is 5.07. The van der Waals surface area contributed by atoms with Crippen LogP contribution in [0.1, 0.15) is 5.56 Å². The first-order valence-corrected chi connectivity index (χ1v) is 13.4. The van der Waals surface area contributed by atoms with Crippen molar-refractivity contribution in [1.82, 2.24) is 15.2 Å². The maximum atomic E-state index is 15.1. The molecule has 0 atom stereocenters. The van der Waals surface area contributed by atoms with Crippen molar-refractivity contribution in [2.45, 2.75) is 12.7 Å². The van der Waals surface area contributed by atoms with Crippen LogP contribution in [0.5, 0.6) is 0 Å². The van der Waals surface area contributed by atoms with Crippen molar-refractivity contribution in [3.63, 3.8) is 0 Å². The second kappa shape index (κ2) is 12.0. The van der Waals surface area contributed by atoms with Crippen molar-refractivity contribution in [1.29, 1.82) is 0 Å². The first kappa shape index (κ1) is 28.8. The number of alkyl halides is 3. The first-order valence-electron chi connectivity index (χ1n) is 13.4. The Morgan fingerprint density at radius 2 is 1.80 bits per heavy atom. The van der Waals surface area contributed by atoms with Crippen molar-refractivity contribution in [2.75, 3.05) is 69.7 Å². The van der Waals surface area contributed by atoms with Crippen molar-refractivity contribution in [3.05, 3.63) is 71.7 Å². The van der Waals surface area contributed by atoms with Gasteiger partial charge in [-0.3, -0.25) is 15.1 Å². The number of anilines is 2. The Hall–Kier alpha value is -3.74. The summed E-state index contributed by atoms with van der Waals surface area (Å²) >= 11 is 0. The molecule has 3 heterocycles. The molecule has 2 aromatic rings. The van der Waals surface area contributed by atoms with Gasteiger partial charge in [-0.1, -0.05) is 18.7 Å². The van der Waals surface area contributed by atoms with Gasteiger partial charge in [0.1, 0.15) is 5.82 Å². The van der Waals surface area contributed by atoms with Crippen LogP contribution in [0.4, 0.5) is 28.9 Å². The van der Waals surface area contributed by atoms with Gasteiger partial charge in [-0.05, 0) is 48.5 Å². The van der Waals surface area contributed by atoms with E-state index in [-0.39, 0.29) is 11.4 Å². The Kier molecular flexibility index (Phi) is 8.43. The number of carbonyl (C=O) groups is 1. The van der Waals surface area contributed by atoms with Crippen molar-refractivity contribution >= 4 is 23.0 Å². The largest absolute Gasteiger partial charge is 0.418 e. The number of rotatable bonds is 6. The van der Waals surface area contributed by atoms with E-state index >= 15 is 4.39 Å². The lowest BCUT2D eigenvalue weighted by Gasteiger charge is -2.35. The third-order valence-electron chi connectivity index (χ3n) is 7.35. The number of morpholine rings is 1. The summed E-state index contributed by atoms with van der Waals surface area (Å²) in [4.78, 5) is 19.7. The fourth-order valence-corrected chi connectivity index (χ4v) is 5.07. The predicted molar refractivity (Wildman–Crippen MR) is 150 cm³/mol. The third-order valence-corrected chi connectivity index (χ3v) is 7.35. The average Bonchev–Trinajstić information content (AvgIpc) is 2.94. The summed E-state index contributed by atoms with van der Waals surface area (Å²) in [6.07, 6.45) is -4.07. The predicted octanol–water partition coefficient (Wildman–Crippen LogP) is 3.98. The molecule has 218 valence electrons. The molecule has 0 aliphatic carbocycles. The molecule has 2 N–H and O–H groups in total. The zero-order valence-corrected chi connectivity index (χ0v) is 22.7. The molecule has 41 heavy (non-hydrogen) atoms. The van der Waals surface area contributed by atoms with E-state index in [1.807, 2.05) is 11.9 Å². The molecule has 2 saturated heterocycles. The minimum atomic E-state index is -4.81. The van der Waals surface area contributed by atoms with E-state index in [2.05, 4.69) is 32.2 Å². The van der Waals surface area contributed by atoms with E-state index < -0.39 is 29.2 Å². The highest BCUT2D eigenvalue weighted by atomic mass is 19.4. The smallest absolute Gasteiger partial charge is 0.379 e. The van der Waals surface area contributed by atoms with Crippen LogP contribution in [0, 0.1) is 5.82 Å². The normalized spacial score (nSPS) is 19.0. The SMILES string of the molecule is C=C1C=C(C(F)(F)F)C(C(=O)Nc2cc(-c3cc(CN4CCOCC4)ccc3F)ccc2N2CCN(C)CC2)=NN1. The van der Waals surface area contributed by atoms with E-state index in [0.29, 0.717) is 49.7 Å². The lowest BCUT2D eigenvalue weighted by molar-refractivity contribution is -0.111. The van der Waals surface area contributed by atoms with Gasteiger partial charge in [-0.2, -0.15) is 18.3 Å². The molecule has 8 nitrogen and oxygen atoms in total. The van der Waals surface area contributed by atoms with Crippen LogP contribution in [0.3, 0.4) is 0 Å². The standard InChI is InChI=1S/C29H32F4N6O2/c1-19-15-23(29(31,32)33)27(36-35-19)28(40)34-25-17-21(4-6-26(25)39-9-7-37(2)8-10-39)22-16-20(3-5-24(22)30)18-38-11-13-41-14-12-38/h3-6,15-17,35H,1,7-14,18H2,2H3,(H,34,40). The molecule has 0 bridgehead atoms. The van der Waals surface area contributed by atoms with Crippen LogP contribution in [-0.2, 0) is 16.1 Å². The molecule has 1 amide bonds. The molecule has 3 aliphatic rings. The summed E-state index contributed by atoms with van der Waals surface area (Å²) in [7, 11) is 2.00. The number of nitrogens with zero attached hydrogens (tertiary/aromatic N) is 4. The second-order valence-corrected chi connectivity index (χ2v) is 10.3. The lowest BCUT2D eigenvalue weighted by atomic mass is 10.00. The minimum Gasteiger partial charge on any atom is -0.379 e. The van der Waals surface area contributed by atoms with Gasteiger partial charge in [0.05, 0.1) is 30.2 Å². The van der Waals surface area contributed by atoms with Gasteiger partial charge in [0.15, 0.2) is 5.71 Å². The Morgan fingerprint density at radius 3 is 2.51 bits per heavy atom. The number of allylic oxidation sites excluding steroid dienone is 1. The molecular formula is C29H32F4N6O2. The maximum Gasteiger partial charge on any atom is 0.418 e. The summed E-state index contributed by atoms with van der Waals surface area (Å²) in [6, 6.07) is 10.1. The lowest BCUT2D eigenvalue weighted by Crippen LogP contribution is -2.45. The zero-order valence-electron chi connectivity index (χ0n) is 22.7. The van der Waals surface area contributed by atoms with E-state index in [9.17, 15) is 18.0 Å². The van der Waals surface area contributed by atoms with Gasteiger partial charge in [-0.15, -0.1) is 0 Å². The molecule has 0 aromatic heterocycles. The quantitative estimate of drug-likeness (QED) is 0.511. The monoisotopic (exact) mass is 572 g/mol. The van der Waals surface area contributed by atoms with Gasteiger partial charge in [-0.25, -0.2) is 4.39 Å². The van der Waals surface area contributed by atoms with Gasteiger partial charge >= 0.3 is 6.18 Å². The zero-order chi connectivity index (χ0) is 29.1. The van der Waals surface area contributed by atoms with Gasteiger partial charge in [0.2, 0.25) is 0 Å². The summed E-state index contributed by atoms with van der Waals surface area (Å²) in [6.45, 7) is 9.77. The highest BCUT2D eigenvalue weighted by molar-refractivity contribution is 6.49. The summed E-state index contributed by atoms with van der Waals surface area (Å²) < 4.78 is 61.8. The molecule has 0 saturated carbocycles. The third kappa shape index (κ3) is 6.77. The number of piperazine rings is 1. The summed E-state index contributed by atoms with van der Waals surface area (Å²) in [5, 5.41) is 6.28. The Labute approximate surface area is 235 Å². The molecule has 12 heteroatoms. The number of carbonyl (C=O) groups excluding carboxylic acids is 1. The average molecular weight is 573 g/mol. The molecule has 0 unspecified atom stereocenters. The summed E-state index contributed by atoms with van der Waals surface area (Å²) in [5.41, 5.74) is 2.90. The molecular weight excluding hydrogens is 540 g/mol. The first-order chi connectivity index (χ1) is 19.6. The van der Waals surface area contributed by atoms with E-state index in [1.54, 1.807) is 30.3 Å². The van der Waals surface area contributed by atoms with Crippen molar-refractivity contribution in [2.24, 2.45) is 5.10 Å².